The van der Waals surface area contributed by atoms with Crippen molar-refractivity contribution in [2.75, 3.05) is 4.90 Å². The van der Waals surface area contributed by atoms with E-state index in [2.05, 4.69) is 5.10 Å². The number of hydrogen-bond acceptors (Lipinski definition) is 7. The van der Waals surface area contributed by atoms with Crippen molar-refractivity contribution in [1.82, 2.24) is 5.01 Å². The van der Waals surface area contributed by atoms with Crippen LogP contribution in [0.25, 0.3) is 0 Å². The highest BCUT2D eigenvalue weighted by molar-refractivity contribution is 6.24. The number of allylic oxidation sites excluding steroid dienone is 1. The maximum Gasteiger partial charge on any atom is 0.269 e. The molecule has 2 fully saturated rings. The molecule has 0 unspecified atom stereocenters. The highest BCUT2D eigenvalue weighted by Gasteiger charge is 2.64. The Kier molecular flexibility index (Phi) is 4.37. The minimum atomic E-state index is -0.858. The lowest BCUT2D eigenvalue weighted by atomic mass is 9.80. The summed E-state index contributed by atoms with van der Waals surface area (Å²) in [5.41, 5.74) is -0.0895. The Morgan fingerprint density at radius 2 is 1.83 bits per heavy atom. The monoisotopic (exact) mass is 410 g/mol. The van der Waals surface area contributed by atoms with Gasteiger partial charge in [0.05, 0.1) is 28.5 Å². The summed E-state index contributed by atoms with van der Waals surface area (Å²) in [6.45, 7) is 6.95. The van der Waals surface area contributed by atoms with E-state index in [0.29, 0.717) is 11.3 Å². The number of aryl methyl sites for hydroxylation is 1. The van der Waals surface area contributed by atoms with Gasteiger partial charge in [-0.15, -0.1) is 0 Å². The van der Waals surface area contributed by atoms with Crippen molar-refractivity contribution in [3.8, 4) is 0 Å². The number of carbonyl (C=O) groups is 3. The molecular weight excluding hydrogens is 388 g/mol. The Morgan fingerprint density at radius 3 is 2.43 bits per heavy atom. The number of rotatable bonds is 3. The number of hydrazone groups is 1. The summed E-state index contributed by atoms with van der Waals surface area (Å²) in [7, 11) is 0. The molecule has 3 heterocycles. The molecule has 1 aromatic rings. The second-order valence-electron chi connectivity index (χ2n) is 8.87. The molecule has 3 aliphatic heterocycles. The summed E-state index contributed by atoms with van der Waals surface area (Å²) in [6, 6.07) is 2.68. The summed E-state index contributed by atoms with van der Waals surface area (Å²) in [4.78, 5) is 51.7. The van der Waals surface area contributed by atoms with Gasteiger partial charge in [-0.1, -0.05) is 26.8 Å². The number of ketones is 1. The van der Waals surface area contributed by atoms with Gasteiger partial charge in [0.15, 0.2) is 5.78 Å². The third-order valence-corrected chi connectivity index (χ3v) is 5.93. The van der Waals surface area contributed by atoms with Crippen LogP contribution in [0, 0.1) is 34.3 Å². The predicted octanol–water partition coefficient (Wildman–Crippen LogP) is 2.23. The van der Waals surface area contributed by atoms with Crippen LogP contribution in [0.15, 0.2) is 35.5 Å². The molecule has 4 atom stereocenters. The zero-order valence-corrected chi connectivity index (χ0v) is 17.1. The summed E-state index contributed by atoms with van der Waals surface area (Å²) in [5, 5.41) is 16.9. The van der Waals surface area contributed by atoms with Gasteiger partial charge in [0.1, 0.15) is 6.04 Å². The number of anilines is 1. The average molecular weight is 410 g/mol. The molecule has 2 amide bonds. The van der Waals surface area contributed by atoms with Crippen molar-refractivity contribution in [3.05, 3.63) is 46.0 Å². The largest absolute Gasteiger partial charge is 0.297 e. The Labute approximate surface area is 173 Å². The zero-order valence-electron chi connectivity index (χ0n) is 17.1. The quantitative estimate of drug-likeness (QED) is 0.429. The van der Waals surface area contributed by atoms with Gasteiger partial charge in [0.25, 0.3) is 5.69 Å². The number of fused-ring (bicyclic) bond motifs is 3. The predicted molar refractivity (Wildman–Crippen MR) is 109 cm³/mol. The number of hydrogen-bond donors (Lipinski definition) is 0. The van der Waals surface area contributed by atoms with Crippen LogP contribution in [-0.4, -0.2) is 45.8 Å². The van der Waals surface area contributed by atoms with Crippen molar-refractivity contribution in [1.29, 1.82) is 0 Å². The molecule has 1 aromatic carbocycles. The van der Waals surface area contributed by atoms with E-state index in [1.807, 2.05) is 0 Å². The van der Waals surface area contributed by atoms with Crippen LogP contribution in [-0.2, 0) is 14.4 Å². The Balaban J connectivity index is 1.79. The van der Waals surface area contributed by atoms with Crippen LogP contribution in [0.5, 0.6) is 0 Å². The second kappa shape index (κ2) is 6.58. The van der Waals surface area contributed by atoms with E-state index in [0.717, 1.165) is 4.90 Å². The first-order chi connectivity index (χ1) is 14.0. The first-order valence-electron chi connectivity index (χ1n) is 9.70. The van der Waals surface area contributed by atoms with Crippen molar-refractivity contribution >= 4 is 35.2 Å². The van der Waals surface area contributed by atoms with E-state index in [-0.39, 0.29) is 11.5 Å². The summed E-state index contributed by atoms with van der Waals surface area (Å²) >= 11 is 0. The Bertz CT molecular complexity index is 1040. The molecule has 0 bridgehead atoms. The molecule has 2 saturated heterocycles. The lowest BCUT2D eigenvalue weighted by Crippen LogP contribution is -2.49. The van der Waals surface area contributed by atoms with Crippen LogP contribution < -0.4 is 4.90 Å². The smallest absolute Gasteiger partial charge is 0.269 e. The van der Waals surface area contributed by atoms with Crippen molar-refractivity contribution in [2.24, 2.45) is 22.4 Å². The zero-order chi connectivity index (χ0) is 22.0. The number of imide groups is 1. The van der Waals surface area contributed by atoms with Crippen LogP contribution >= 0.6 is 0 Å². The van der Waals surface area contributed by atoms with Crippen molar-refractivity contribution in [2.45, 2.75) is 39.8 Å². The number of nitrogens with zero attached hydrogens (tertiary/aromatic N) is 4. The van der Waals surface area contributed by atoms with E-state index in [9.17, 15) is 24.5 Å². The van der Waals surface area contributed by atoms with Gasteiger partial charge >= 0.3 is 0 Å². The van der Waals surface area contributed by atoms with Gasteiger partial charge in [-0.2, -0.15) is 5.10 Å². The number of nitro benzene ring substituents is 1. The Morgan fingerprint density at radius 1 is 1.17 bits per heavy atom. The van der Waals surface area contributed by atoms with Crippen LogP contribution in [0.4, 0.5) is 11.4 Å². The van der Waals surface area contributed by atoms with E-state index < -0.39 is 46.1 Å². The number of amides is 2. The summed E-state index contributed by atoms with van der Waals surface area (Å²) < 4.78 is 0. The number of non-ortho nitro benzene ring substituents is 1. The molecule has 0 saturated carbocycles. The minimum Gasteiger partial charge on any atom is -0.297 e. The number of benzene rings is 1. The highest BCUT2D eigenvalue weighted by Crippen LogP contribution is 2.47. The fourth-order valence-electron chi connectivity index (χ4n) is 4.52. The standard InChI is InChI=1S/C21H22N4O5/c1-11-10-12(25(29)30)7-8-13(11)23-19(27)15-14-6-5-9-22-24(14)17(16(15)20(23)28)18(26)21(2,3)4/h5-10,14-17H,1-4H3/t14-,15+,16+,17-/m0/s1. The summed E-state index contributed by atoms with van der Waals surface area (Å²) in [6.07, 6.45) is 5.05. The molecule has 0 spiro atoms. The number of nitro groups is 1. The first-order valence-corrected chi connectivity index (χ1v) is 9.70. The molecule has 0 aromatic heterocycles. The SMILES string of the molecule is Cc1cc([N+](=O)[O-])ccc1N1C(=O)[C@@H]2[C@H](C1=O)[C@@H]1C=CC=NN1[C@@H]2C(=O)C(C)(C)C. The fourth-order valence-corrected chi connectivity index (χ4v) is 4.52. The fraction of sp³-hybridized carbons (Fsp3) is 0.429. The van der Waals surface area contributed by atoms with Crippen LogP contribution in [0.1, 0.15) is 26.3 Å². The van der Waals surface area contributed by atoms with Crippen molar-refractivity contribution < 1.29 is 19.3 Å². The highest BCUT2D eigenvalue weighted by atomic mass is 16.6. The molecule has 156 valence electrons. The van der Waals surface area contributed by atoms with Gasteiger partial charge < -0.3 is 0 Å². The topological polar surface area (TPSA) is 113 Å². The molecule has 9 nitrogen and oxygen atoms in total. The van der Waals surface area contributed by atoms with E-state index in [4.69, 9.17) is 0 Å². The van der Waals surface area contributed by atoms with Gasteiger partial charge in [0, 0.05) is 23.8 Å². The van der Waals surface area contributed by atoms with Gasteiger partial charge in [-0.05, 0) is 24.6 Å². The molecule has 9 heteroatoms. The van der Waals surface area contributed by atoms with E-state index in [1.165, 1.54) is 18.2 Å². The lowest BCUT2D eigenvalue weighted by Gasteiger charge is -2.33. The van der Waals surface area contributed by atoms with Crippen molar-refractivity contribution in [3.63, 3.8) is 0 Å². The third kappa shape index (κ3) is 2.76. The number of carbonyl (C=O) groups excluding carboxylic acids is 3. The van der Waals surface area contributed by atoms with Crippen LogP contribution in [0.3, 0.4) is 0 Å². The minimum absolute atomic E-state index is 0.118. The van der Waals surface area contributed by atoms with E-state index >= 15 is 0 Å². The van der Waals surface area contributed by atoms with Crippen LogP contribution in [0.2, 0.25) is 0 Å². The summed E-state index contributed by atoms with van der Waals surface area (Å²) in [5.74, 6) is -2.64. The normalized spacial score (nSPS) is 27.5. The molecular formula is C21H22N4O5. The molecule has 4 rings (SSSR count). The van der Waals surface area contributed by atoms with E-state index in [1.54, 1.807) is 51.1 Å². The Hall–Kier alpha value is -3.36. The molecule has 0 radical (unpaired) electrons. The molecule has 30 heavy (non-hydrogen) atoms. The third-order valence-electron chi connectivity index (χ3n) is 5.93. The molecule has 3 aliphatic rings. The molecule has 0 N–H and O–H groups in total. The number of Topliss-reactive ketones (excluding diaryl/α,β-unsaturated/α-hetero) is 1. The van der Waals surface area contributed by atoms with Gasteiger partial charge in [0.2, 0.25) is 11.8 Å². The molecule has 0 aliphatic carbocycles. The lowest BCUT2D eigenvalue weighted by molar-refractivity contribution is -0.384. The second-order valence-corrected chi connectivity index (χ2v) is 8.87. The first kappa shape index (κ1) is 19.9. The average Bonchev–Trinajstić information content (AvgIpc) is 3.14. The maximum absolute atomic E-state index is 13.5. The maximum atomic E-state index is 13.5. The van der Waals surface area contributed by atoms with Gasteiger partial charge in [-0.3, -0.25) is 29.5 Å². The van der Waals surface area contributed by atoms with Gasteiger partial charge in [-0.25, -0.2) is 4.90 Å².